The smallest absolute Gasteiger partial charge is 0.409 e. The molecule has 136 valence electrons. The first kappa shape index (κ1) is 17.4. The SMILES string of the molecule is CCOC(=O)N1CCN(c2ccc(C(=O)N3CCOCC3)nn2)CC1. The van der Waals surface area contributed by atoms with Crippen LogP contribution in [0.1, 0.15) is 17.4 Å². The Hall–Kier alpha value is -2.42. The summed E-state index contributed by atoms with van der Waals surface area (Å²) in [6, 6.07) is 3.51. The third-order valence-corrected chi connectivity index (χ3v) is 4.30. The maximum atomic E-state index is 12.4. The molecule has 25 heavy (non-hydrogen) atoms. The van der Waals surface area contributed by atoms with E-state index in [0.29, 0.717) is 70.6 Å². The Kier molecular flexibility index (Phi) is 5.64. The summed E-state index contributed by atoms with van der Waals surface area (Å²) >= 11 is 0. The van der Waals surface area contributed by atoms with Crippen LogP contribution in [-0.2, 0) is 9.47 Å². The Morgan fingerprint density at radius 2 is 1.76 bits per heavy atom. The number of carbonyl (C=O) groups is 2. The van der Waals surface area contributed by atoms with Gasteiger partial charge in [0.25, 0.3) is 5.91 Å². The van der Waals surface area contributed by atoms with E-state index in [4.69, 9.17) is 9.47 Å². The lowest BCUT2D eigenvalue weighted by atomic mass is 10.3. The molecule has 0 saturated carbocycles. The number of nitrogens with zero attached hydrogens (tertiary/aromatic N) is 5. The average Bonchev–Trinajstić information content (AvgIpc) is 2.68. The molecule has 3 heterocycles. The van der Waals surface area contributed by atoms with Gasteiger partial charge in [-0.1, -0.05) is 0 Å². The number of ether oxygens (including phenoxy) is 2. The van der Waals surface area contributed by atoms with E-state index in [1.54, 1.807) is 28.9 Å². The van der Waals surface area contributed by atoms with Gasteiger partial charge < -0.3 is 24.2 Å². The lowest BCUT2D eigenvalue weighted by Gasteiger charge is -2.34. The molecule has 0 aliphatic carbocycles. The van der Waals surface area contributed by atoms with Gasteiger partial charge in [-0.2, -0.15) is 0 Å². The second kappa shape index (κ2) is 8.11. The number of hydrogen-bond donors (Lipinski definition) is 0. The Morgan fingerprint density at radius 3 is 2.36 bits per heavy atom. The van der Waals surface area contributed by atoms with Crippen LogP contribution in [0.5, 0.6) is 0 Å². The van der Waals surface area contributed by atoms with Gasteiger partial charge in [-0.05, 0) is 19.1 Å². The highest BCUT2D eigenvalue weighted by molar-refractivity contribution is 5.92. The first-order valence-corrected chi connectivity index (χ1v) is 8.56. The summed E-state index contributed by atoms with van der Waals surface area (Å²) in [4.78, 5) is 29.5. The van der Waals surface area contributed by atoms with Crippen LogP contribution in [0.4, 0.5) is 10.6 Å². The molecule has 2 aliphatic rings. The number of rotatable bonds is 3. The summed E-state index contributed by atoms with van der Waals surface area (Å²) in [7, 11) is 0. The van der Waals surface area contributed by atoms with E-state index >= 15 is 0 Å². The van der Waals surface area contributed by atoms with Gasteiger partial charge in [0.05, 0.1) is 19.8 Å². The van der Waals surface area contributed by atoms with Crippen molar-refractivity contribution in [2.75, 3.05) is 64.0 Å². The third-order valence-electron chi connectivity index (χ3n) is 4.30. The Labute approximate surface area is 146 Å². The van der Waals surface area contributed by atoms with Gasteiger partial charge in [0.2, 0.25) is 0 Å². The number of morpholine rings is 1. The molecule has 0 radical (unpaired) electrons. The second-order valence-corrected chi connectivity index (χ2v) is 5.85. The van der Waals surface area contributed by atoms with Crippen molar-refractivity contribution >= 4 is 17.8 Å². The average molecular weight is 349 g/mol. The van der Waals surface area contributed by atoms with Crippen molar-refractivity contribution < 1.29 is 19.1 Å². The van der Waals surface area contributed by atoms with Gasteiger partial charge >= 0.3 is 6.09 Å². The van der Waals surface area contributed by atoms with Crippen LogP contribution in [0, 0.1) is 0 Å². The zero-order valence-electron chi connectivity index (χ0n) is 14.4. The summed E-state index contributed by atoms with van der Waals surface area (Å²) in [5, 5.41) is 8.27. The summed E-state index contributed by atoms with van der Waals surface area (Å²) in [5.74, 6) is 0.594. The molecule has 0 N–H and O–H groups in total. The van der Waals surface area contributed by atoms with Crippen molar-refractivity contribution in [2.45, 2.75) is 6.92 Å². The number of amides is 2. The molecule has 2 amide bonds. The molecular weight excluding hydrogens is 326 g/mol. The molecule has 1 aromatic rings. The molecular formula is C16H23N5O4. The molecule has 9 nitrogen and oxygen atoms in total. The summed E-state index contributed by atoms with van der Waals surface area (Å²) in [6.07, 6.45) is -0.278. The molecule has 3 rings (SSSR count). The van der Waals surface area contributed by atoms with Crippen LogP contribution in [-0.4, -0.2) is 91.1 Å². The highest BCUT2D eigenvalue weighted by atomic mass is 16.6. The first-order valence-electron chi connectivity index (χ1n) is 8.56. The molecule has 2 saturated heterocycles. The zero-order chi connectivity index (χ0) is 17.6. The van der Waals surface area contributed by atoms with Crippen LogP contribution >= 0.6 is 0 Å². The maximum absolute atomic E-state index is 12.4. The molecule has 0 unspecified atom stereocenters. The van der Waals surface area contributed by atoms with Crippen LogP contribution in [0.25, 0.3) is 0 Å². The Morgan fingerprint density at radius 1 is 1.04 bits per heavy atom. The fraction of sp³-hybridized carbons (Fsp3) is 0.625. The summed E-state index contributed by atoms with van der Waals surface area (Å²) in [5.41, 5.74) is 0.343. The minimum Gasteiger partial charge on any atom is -0.450 e. The molecule has 0 bridgehead atoms. The van der Waals surface area contributed by atoms with Gasteiger partial charge in [0.15, 0.2) is 11.5 Å². The van der Waals surface area contributed by atoms with Gasteiger partial charge in [-0.3, -0.25) is 4.79 Å². The van der Waals surface area contributed by atoms with Gasteiger partial charge in [0, 0.05) is 39.3 Å². The van der Waals surface area contributed by atoms with E-state index in [1.165, 1.54) is 0 Å². The van der Waals surface area contributed by atoms with Crippen molar-refractivity contribution in [1.82, 2.24) is 20.0 Å². The lowest BCUT2D eigenvalue weighted by molar-refractivity contribution is 0.0298. The first-order chi connectivity index (χ1) is 12.2. The normalized spacial score (nSPS) is 18.2. The minimum atomic E-state index is -0.278. The van der Waals surface area contributed by atoms with E-state index in [0.717, 1.165) is 0 Å². The largest absolute Gasteiger partial charge is 0.450 e. The third kappa shape index (κ3) is 4.16. The van der Waals surface area contributed by atoms with Crippen molar-refractivity contribution in [3.8, 4) is 0 Å². The standard InChI is InChI=1S/C16H23N5O4/c1-2-25-16(23)21-7-5-19(6-8-21)14-4-3-13(17-18-14)15(22)20-9-11-24-12-10-20/h3-4H,2,5-12H2,1H3. The molecule has 0 atom stereocenters. The lowest BCUT2D eigenvalue weighted by Crippen LogP contribution is -2.49. The molecule has 9 heteroatoms. The van der Waals surface area contributed by atoms with Crippen LogP contribution in [0.2, 0.25) is 0 Å². The predicted molar refractivity (Wildman–Crippen MR) is 89.6 cm³/mol. The number of carbonyl (C=O) groups excluding carboxylic acids is 2. The van der Waals surface area contributed by atoms with Gasteiger partial charge in [0.1, 0.15) is 0 Å². The van der Waals surface area contributed by atoms with Crippen molar-refractivity contribution in [2.24, 2.45) is 0 Å². The van der Waals surface area contributed by atoms with Gasteiger partial charge in [-0.25, -0.2) is 4.79 Å². The predicted octanol–water partition coefficient (Wildman–Crippen LogP) is 0.228. The topological polar surface area (TPSA) is 88.1 Å². The number of piperazine rings is 1. The van der Waals surface area contributed by atoms with E-state index in [-0.39, 0.29) is 12.0 Å². The zero-order valence-corrected chi connectivity index (χ0v) is 14.4. The van der Waals surface area contributed by atoms with Crippen LogP contribution in [0.3, 0.4) is 0 Å². The van der Waals surface area contributed by atoms with Crippen LogP contribution < -0.4 is 4.90 Å². The van der Waals surface area contributed by atoms with E-state index in [2.05, 4.69) is 10.2 Å². The van der Waals surface area contributed by atoms with Gasteiger partial charge in [-0.15, -0.1) is 10.2 Å². The van der Waals surface area contributed by atoms with Crippen molar-refractivity contribution in [3.05, 3.63) is 17.8 Å². The number of hydrogen-bond acceptors (Lipinski definition) is 7. The quantitative estimate of drug-likeness (QED) is 0.772. The minimum absolute atomic E-state index is 0.116. The number of anilines is 1. The fourth-order valence-electron chi connectivity index (χ4n) is 2.87. The maximum Gasteiger partial charge on any atom is 0.409 e. The Balaban J connectivity index is 1.56. The second-order valence-electron chi connectivity index (χ2n) is 5.85. The highest BCUT2D eigenvalue weighted by Gasteiger charge is 2.24. The van der Waals surface area contributed by atoms with E-state index in [9.17, 15) is 9.59 Å². The molecule has 0 aromatic carbocycles. The van der Waals surface area contributed by atoms with E-state index in [1.807, 2.05) is 4.90 Å². The van der Waals surface area contributed by atoms with E-state index < -0.39 is 0 Å². The van der Waals surface area contributed by atoms with Crippen LogP contribution in [0.15, 0.2) is 12.1 Å². The molecule has 2 fully saturated rings. The summed E-state index contributed by atoms with van der Waals surface area (Å²) in [6.45, 7) is 6.92. The number of aromatic nitrogens is 2. The fourth-order valence-corrected chi connectivity index (χ4v) is 2.87. The molecule has 1 aromatic heterocycles. The Bertz CT molecular complexity index is 595. The molecule has 0 spiro atoms. The van der Waals surface area contributed by atoms with Crippen molar-refractivity contribution in [1.29, 1.82) is 0 Å². The van der Waals surface area contributed by atoms with Crippen molar-refractivity contribution in [3.63, 3.8) is 0 Å². The monoisotopic (exact) mass is 349 g/mol. The highest BCUT2D eigenvalue weighted by Crippen LogP contribution is 2.14. The molecule has 2 aliphatic heterocycles. The summed E-state index contributed by atoms with van der Waals surface area (Å²) < 4.78 is 10.3.